The summed E-state index contributed by atoms with van der Waals surface area (Å²) in [5.74, 6) is 1.14. The van der Waals surface area contributed by atoms with Crippen molar-refractivity contribution in [3.05, 3.63) is 77.8 Å². The number of pyridine rings is 1. The molecule has 1 amide bonds. The summed E-state index contributed by atoms with van der Waals surface area (Å²) in [6.45, 7) is 8.67. The third-order valence-corrected chi connectivity index (χ3v) is 5.16. The van der Waals surface area contributed by atoms with Crippen LogP contribution in [0.2, 0.25) is 0 Å². The molecule has 3 rings (SSSR count). The van der Waals surface area contributed by atoms with Crippen LogP contribution < -0.4 is 10.1 Å². The van der Waals surface area contributed by atoms with Crippen LogP contribution in [0.1, 0.15) is 54.7 Å². The molecule has 0 saturated heterocycles. The van der Waals surface area contributed by atoms with Gasteiger partial charge in [-0.1, -0.05) is 19.1 Å². The van der Waals surface area contributed by atoms with Crippen LogP contribution in [0.5, 0.6) is 5.75 Å². The molecule has 3 aromatic rings. The Hall–Kier alpha value is -3.19. The van der Waals surface area contributed by atoms with Gasteiger partial charge in [-0.3, -0.25) is 14.7 Å². The van der Waals surface area contributed by atoms with Gasteiger partial charge in [0.25, 0.3) is 5.91 Å². The first-order valence-corrected chi connectivity index (χ1v) is 10.7. The monoisotopic (exact) mass is 422 g/mol. The lowest BCUT2D eigenvalue weighted by atomic mass is 10.1. The predicted molar refractivity (Wildman–Crippen MR) is 119 cm³/mol. The van der Waals surface area contributed by atoms with Gasteiger partial charge in [-0.15, -0.1) is 0 Å². The smallest absolute Gasteiger partial charge is 0.273 e. The maximum atomic E-state index is 12.4. The lowest BCUT2D eigenvalue weighted by Crippen LogP contribution is -2.31. The van der Waals surface area contributed by atoms with Crippen molar-refractivity contribution in [2.75, 3.05) is 6.61 Å². The van der Waals surface area contributed by atoms with Crippen molar-refractivity contribution in [2.24, 2.45) is 0 Å². The Labute approximate surface area is 183 Å². The van der Waals surface area contributed by atoms with E-state index in [1.165, 1.54) is 11.8 Å². The van der Waals surface area contributed by atoms with Gasteiger partial charge in [0, 0.05) is 31.5 Å². The fourth-order valence-corrected chi connectivity index (χ4v) is 3.15. The molecule has 0 radical (unpaired) electrons. The number of nitrogens with zero attached hydrogens (tertiary/aromatic N) is 3. The Morgan fingerprint density at radius 1 is 1.10 bits per heavy atom. The summed E-state index contributed by atoms with van der Waals surface area (Å²) in [4.78, 5) is 23.1. The van der Waals surface area contributed by atoms with E-state index >= 15 is 0 Å². The highest BCUT2D eigenvalue weighted by atomic mass is 16.5. The Bertz CT molecular complexity index is 941. The van der Waals surface area contributed by atoms with Gasteiger partial charge in [0.15, 0.2) is 5.69 Å². The van der Waals surface area contributed by atoms with Gasteiger partial charge in [0.2, 0.25) is 5.89 Å². The Morgan fingerprint density at radius 2 is 1.84 bits per heavy atom. The number of carbonyl (C=O) groups excluding carboxylic acids is 1. The number of rotatable bonds is 11. The summed E-state index contributed by atoms with van der Waals surface area (Å²) in [6, 6.07) is 12.2. The number of benzene rings is 1. The first-order valence-electron chi connectivity index (χ1n) is 10.7. The van der Waals surface area contributed by atoms with E-state index in [2.05, 4.69) is 46.2 Å². The topological polar surface area (TPSA) is 80.5 Å². The number of nitrogens with one attached hydrogen (secondary N) is 1. The van der Waals surface area contributed by atoms with Gasteiger partial charge in [0.05, 0.1) is 13.2 Å². The van der Waals surface area contributed by atoms with Crippen LogP contribution in [-0.2, 0) is 19.6 Å². The summed E-state index contributed by atoms with van der Waals surface area (Å²) < 4.78 is 11.1. The van der Waals surface area contributed by atoms with Crippen LogP contribution in [0.15, 0.2) is 59.5 Å². The van der Waals surface area contributed by atoms with Crippen molar-refractivity contribution in [1.82, 2.24) is 20.2 Å². The molecule has 7 nitrogen and oxygen atoms in total. The first-order chi connectivity index (χ1) is 15.1. The van der Waals surface area contributed by atoms with Gasteiger partial charge >= 0.3 is 0 Å². The van der Waals surface area contributed by atoms with Gasteiger partial charge in [0.1, 0.15) is 12.0 Å². The Morgan fingerprint density at radius 3 is 2.52 bits per heavy atom. The molecule has 1 N–H and O–H groups in total. The van der Waals surface area contributed by atoms with Gasteiger partial charge in [-0.2, -0.15) is 0 Å². The molecule has 2 aromatic heterocycles. The number of hydrogen-bond acceptors (Lipinski definition) is 6. The lowest BCUT2D eigenvalue weighted by molar-refractivity contribution is 0.0945. The summed E-state index contributed by atoms with van der Waals surface area (Å²) in [6.07, 6.45) is 5.81. The van der Waals surface area contributed by atoms with Gasteiger partial charge in [-0.05, 0) is 55.7 Å². The van der Waals surface area contributed by atoms with E-state index < -0.39 is 0 Å². The van der Waals surface area contributed by atoms with E-state index in [1.807, 2.05) is 31.2 Å². The number of aromatic nitrogens is 2. The molecule has 1 atom stereocenters. The molecule has 0 aliphatic rings. The normalized spacial score (nSPS) is 12.0. The van der Waals surface area contributed by atoms with Crippen LogP contribution in [0.3, 0.4) is 0 Å². The average molecular weight is 423 g/mol. The third kappa shape index (κ3) is 6.65. The van der Waals surface area contributed by atoms with Crippen LogP contribution in [-0.4, -0.2) is 33.4 Å². The minimum absolute atomic E-state index is 0.256. The summed E-state index contributed by atoms with van der Waals surface area (Å²) in [5.41, 5.74) is 2.45. The van der Waals surface area contributed by atoms with Crippen molar-refractivity contribution >= 4 is 5.91 Å². The highest BCUT2D eigenvalue weighted by molar-refractivity contribution is 5.91. The van der Waals surface area contributed by atoms with E-state index in [1.54, 1.807) is 12.4 Å². The predicted octanol–water partition coefficient (Wildman–Crippen LogP) is 4.20. The average Bonchev–Trinajstić information content (AvgIpc) is 3.27. The van der Waals surface area contributed by atoms with Gasteiger partial charge < -0.3 is 14.5 Å². The minimum Gasteiger partial charge on any atom is -0.494 e. The zero-order valence-corrected chi connectivity index (χ0v) is 18.4. The van der Waals surface area contributed by atoms with Crippen molar-refractivity contribution in [1.29, 1.82) is 0 Å². The highest BCUT2D eigenvalue weighted by Crippen LogP contribution is 2.18. The second kappa shape index (κ2) is 11.3. The number of amides is 1. The fraction of sp³-hybridized carbons (Fsp3) is 0.375. The fourth-order valence-electron chi connectivity index (χ4n) is 3.15. The number of oxazole rings is 1. The molecular formula is C24H30N4O3. The molecule has 2 heterocycles. The molecule has 0 fully saturated rings. The maximum Gasteiger partial charge on any atom is 0.273 e. The summed E-state index contributed by atoms with van der Waals surface area (Å²) in [7, 11) is 0. The second-order valence-electron chi connectivity index (χ2n) is 7.40. The second-order valence-corrected chi connectivity index (χ2v) is 7.40. The standard InChI is InChI=1S/C24H30N4O3/c1-4-18(3)28(15-20-6-8-21(9-7-20)30-5-2)16-23-27-22(17-31-23)24(29)26-14-19-10-12-25-13-11-19/h6-13,17-18H,4-5,14-16H2,1-3H3,(H,26,29). The zero-order valence-electron chi connectivity index (χ0n) is 18.4. The first kappa shape index (κ1) is 22.5. The van der Waals surface area contributed by atoms with Crippen molar-refractivity contribution in [3.63, 3.8) is 0 Å². The van der Waals surface area contributed by atoms with E-state index in [4.69, 9.17) is 9.15 Å². The molecule has 0 spiro atoms. The molecule has 1 unspecified atom stereocenters. The van der Waals surface area contributed by atoms with E-state index in [9.17, 15) is 4.79 Å². The number of ether oxygens (including phenoxy) is 1. The Balaban J connectivity index is 1.61. The third-order valence-electron chi connectivity index (χ3n) is 5.16. The minimum atomic E-state index is -0.256. The van der Waals surface area contributed by atoms with Crippen LogP contribution >= 0.6 is 0 Å². The highest BCUT2D eigenvalue weighted by Gasteiger charge is 2.18. The zero-order chi connectivity index (χ0) is 22.1. The maximum absolute atomic E-state index is 12.4. The van der Waals surface area contributed by atoms with Crippen LogP contribution in [0.4, 0.5) is 0 Å². The number of hydrogen-bond donors (Lipinski definition) is 1. The largest absolute Gasteiger partial charge is 0.494 e. The molecule has 1 aromatic carbocycles. The lowest BCUT2D eigenvalue weighted by Gasteiger charge is -2.27. The van der Waals surface area contributed by atoms with E-state index in [-0.39, 0.29) is 11.6 Å². The molecule has 0 aliphatic carbocycles. The molecule has 7 heteroatoms. The van der Waals surface area contributed by atoms with E-state index in [0.717, 1.165) is 24.3 Å². The molecule has 0 aliphatic heterocycles. The molecule has 31 heavy (non-hydrogen) atoms. The molecule has 0 bridgehead atoms. The molecule has 164 valence electrons. The summed E-state index contributed by atoms with van der Waals surface area (Å²) in [5, 5.41) is 2.86. The van der Waals surface area contributed by atoms with Crippen LogP contribution in [0, 0.1) is 0 Å². The van der Waals surface area contributed by atoms with E-state index in [0.29, 0.717) is 31.6 Å². The molecular weight excluding hydrogens is 392 g/mol. The van der Waals surface area contributed by atoms with Crippen LogP contribution in [0.25, 0.3) is 0 Å². The van der Waals surface area contributed by atoms with Crippen molar-refractivity contribution in [2.45, 2.75) is 52.9 Å². The van der Waals surface area contributed by atoms with Gasteiger partial charge in [-0.25, -0.2) is 4.98 Å². The number of carbonyl (C=O) groups is 1. The summed E-state index contributed by atoms with van der Waals surface area (Å²) >= 11 is 0. The molecule has 0 saturated carbocycles. The SMILES string of the molecule is CCOc1ccc(CN(Cc2nc(C(=O)NCc3ccncc3)co2)C(C)CC)cc1. The van der Waals surface area contributed by atoms with Crippen molar-refractivity contribution in [3.8, 4) is 5.75 Å². The quantitative estimate of drug-likeness (QED) is 0.499. The van der Waals surface area contributed by atoms with Crippen molar-refractivity contribution < 1.29 is 13.9 Å². The Kier molecular flexibility index (Phi) is 8.18.